The van der Waals surface area contributed by atoms with Crippen molar-refractivity contribution in [1.29, 1.82) is 0 Å². The van der Waals surface area contributed by atoms with Crippen molar-refractivity contribution in [3.63, 3.8) is 0 Å². The Balaban J connectivity index is 2.02. The predicted molar refractivity (Wildman–Crippen MR) is 94.1 cm³/mol. The summed E-state index contributed by atoms with van der Waals surface area (Å²) in [4.78, 5) is 12.3. The number of benzene rings is 1. The van der Waals surface area contributed by atoms with Crippen LogP contribution in [0.5, 0.6) is 17.2 Å². The van der Waals surface area contributed by atoms with Gasteiger partial charge >= 0.3 is 0 Å². The summed E-state index contributed by atoms with van der Waals surface area (Å²) < 4.78 is 21.6. The molecule has 1 aromatic carbocycles. The fourth-order valence-electron chi connectivity index (χ4n) is 2.92. The van der Waals surface area contributed by atoms with E-state index in [0.29, 0.717) is 43.6 Å². The number of carbonyl (C=O) groups excluding carboxylic acids is 1. The van der Waals surface area contributed by atoms with E-state index in [4.69, 9.17) is 24.7 Å². The van der Waals surface area contributed by atoms with E-state index in [1.807, 2.05) is 19.1 Å². The van der Waals surface area contributed by atoms with Gasteiger partial charge in [0, 0.05) is 19.8 Å². The molecule has 0 aliphatic carbocycles. The highest BCUT2D eigenvalue weighted by atomic mass is 16.5. The molecule has 7 heteroatoms. The van der Waals surface area contributed by atoms with Crippen molar-refractivity contribution >= 4 is 5.91 Å². The van der Waals surface area contributed by atoms with Gasteiger partial charge in [0.15, 0.2) is 11.5 Å². The van der Waals surface area contributed by atoms with Crippen LogP contribution in [0.15, 0.2) is 12.1 Å². The number of methoxy groups -OCH3 is 2. The van der Waals surface area contributed by atoms with E-state index < -0.39 is 6.04 Å². The lowest BCUT2D eigenvalue weighted by Crippen LogP contribution is -2.46. The molecule has 0 aromatic heterocycles. The molecule has 1 unspecified atom stereocenters. The SMILES string of the molecule is CCOc1c(OC)cc(CNC(=O)C(N)C2CCOCC2)cc1OC. The molecule has 2 rings (SSSR count). The van der Waals surface area contributed by atoms with Crippen LogP contribution in [0.4, 0.5) is 0 Å². The molecule has 0 bridgehead atoms. The van der Waals surface area contributed by atoms with Gasteiger partial charge in [-0.05, 0) is 43.4 Å². The minimum Gasteiger partial charge on any atom is -0.493 e. The molecule has 7 nitrogen and oxygen atoms in total. The highest BCUT2D eigenvalue weighted by Gasteiger charge is 2.26. The molecule has 1 aliphatic heterocycles. The van der Waals surface area contributed by atoms with Crippen molar-refractivity contribution in [3.05, 3.63) is 17.7 Å². The van der Waals surface area contributed by atoms with Gasteiger partial charge < -0.3 is 30.0 Å². The lowest BCUT2D eigenvalue weighted by Gasteiger charge is -2.26. The van der Waals surface area contributed by atoms with Gasteiger partial charge in [0.25, 0.3) is 0 Å². The minimum absolute atomic E-state index is 0.154. The average Bonchev–Trinajstić information content (AvgIpc) is 2.66. The maximum absolute atomic E-state index is 12.3. The van der Waals surface area contributed by atoms with Crippen LogP contribution < -0.4 is 25.3 Å². The molecule has 1 atom stereocenters. The Morgan fingerprint density at radius 3 is 2.40 bits per heavy atom. The molecule has 1 heterocycles. The lowest BCUT2D eigenvalue weighted by atomic mass is 9.92. The standard InChI is InChI=1S/C18H28N2O5/c1-4-25-17-14(22-2)9-12(10-15(17)23-3)11-20-18(21)16(19)13-5-7-24-8-6-13/h9-10,13,16H,4-8,11,19H2,1-3H3,(H,20,21). The Kier molecular flexibility index (Phi) is 7.33. The van der Waals surface area contributed by atoms with Crippen LogP contribution in [0.25, 0.3) is 0 Å². The van der Waals surface area contributed by atoms with E-state index in [0.717, 1.165) is 18.4 Å². The summed E-state index contributed by atoms with van der Waals surface area (Å²) in [6.45, 7) is 4.07. The van der Waals surface area contributed by atoms with Crippen molar-refractivity contribution in [2.75, 3.05) is 34.0 Å². The van der Waals surface area contributed by atoms with E-state index in [1.165, 1.54) is 0 Å². The van der Waals surface area contributed by atoms with E-state index in [1.54, 1.807) is 14.2 Å². The second kappa shape index (κ2) is 9.48. The highest BCUT2D eigenvalue weighted by Crippen LogP contribution is 2.38. The van der Waals surface area contributed by atoms with E-state index in [2.05, 4.69) is 5.32 Å². The minimum atomic E-state index is -0.518. The first-order valence-corrected chi connectivity index (χ1v) is 8.59. The zero-order chi connectivity index (χ0) is 18.2. The van der Waals surface area contributed by atoms with Crippen LogP contribution in [-0.4, -0.2) is 46.0 Å². The van der Waals surface area contributed by atoms with E-state index in [-0.39, 0.29) is 11.8 Å². The monoisotopic (exact) mass is 352 g/mol. The van der Waals surface area contributed by atoms with Crippen LogP contribution in [0, 0.1) is 5.92 Å². The molecule has 140 valence electrons. The largest absolute Gasteiger partial charge is 0.493 e. The maximum atomic E-state index is 12.3. The second-order valence-electron chi connectivity index (χ2n) is 5.96. The summed E-state index contributed by atoms with van der Waals surface area (Å²) in [7, 11) is 3.14. The van der Waals surface area contributed by atoms with Crippen molar-refractivity contribution in [2.24, 2.45) is 11.7 Å². The van der Waals surface area contributed by atoms with Crippen molar-refractivity contribution in [2.45, 2.75) is 32.4 Å². The number of hydrogen-bond donors (Lipinski definition) is 2. The van der Waals surface area contributed by atoms with Gasteiger partial charge in [-0.25, -0.2) is 0 Å². The lowest BCUT2D eigenvalue weighted by molar-refractivity contribution is -0.124. The van der Waals surface area contributed by atoms with Crippen molar-refractivity contribution in [1.82, 2.24) is 5.32 Å². The first-order valence-electron chi connectivity index (χ1n) is 8.59. The van der Waals surface area contributed by atoms with Gasteiger partial charge in [-0.2, -0.15) is 0 Å². The molecule has 0 radical (unpaired) electrons. The summed E-state index contributed by atoms with van der Waals surface area (Å²) in [5, 5.41) is 2.89. The van der Waals surface area contributed by atoms with E-state index >= 15 is 0 Å². The second-order valence-corrected chi connectivity index (χ2v) is 5.96. The van der Waals surface area contributed by atoms with Gasteiger partial charge in [0.05, 0.1) is 26.9 Å². The van der Waals surface area contributed by atoms with Gasteiger partial charge in [0.1, 0.15) is 0 Å². The molecule has 1 amide bonds. The summed E-state index contributed by atoms with van der Waals surface area (Å²) in [6.07, 6.45) is 1.64. The number of nitrogens with two attached hydrogens (primary N) is 1. The molecule has 0 saturated carbocycles. The Morgan fingerprint density at radius 1 is 1.28 bits per heavy atom. The number of nitrogens with one attached hydrogen (secondary N) is 1. The molecule has 1 aliphatic rings. The van der Waals surface area contributed by atoms with Gasteiger partial charge in [-0.15, -0.1) is 0 Å². The zero-order valence-corrected chi connectivity index (χ0v) is 15.2. The fraction of sp³-hybridized carbons (Fsp3) is 0.611. The molecule has 1 fully saturated rings. The quantitative estimate of drug-likeness (QED) is 0.736. The molecule has 1 saturated heterocycles. The molecule has 25 heavy (non-hydrogen) atoms. The van der Waals surface area contributed by atoms with Crippen molar-refractivity contribution < 1.29 is 23.7 Å². The van der Waals surface area contributed by atoms with Crippen LogP contribution in [0.2, 0.25) is 0 Å². The molecular weight excluding hydrogens is 324 g/mol. The van der Waals surface area contributed by atoms with Gasteiger partial charge in [-0.3, -0.25) is 4.79 Å². The zero-order valence-electron chi connectivity index (χ0n) is 15.2. The Morgan fingerprint density at radius 2 is 1.88 bits per heavy atom. The van der Waals surface area contributed by atoms with Crippen LogP contribution in [0.1, 0.15) is 25.3 Å². The third-order valence-corrected chi connectivity index (χ3v) is 4.35. The van der Waals surface area contributed by atoms with Crippen molar-refractivity contribution in [3.8, 4) is 17.2 Å². The fourth-order valence-corrected chi connectivity index (χ4v) is 2.92. The van der Waals surface area contributed by atoms with Gasteiger partial charge in [-0.1, -0.05) is 0 Å². The van der Waals surface area contributed by atoms with Gasteiger partial charge in [0.2, 0.25) is 11.7 Å². The van der Waals surface area contributed by atoms with E-state index in [9.17, 15) is 4.79 Å². The third-order valence-electron chi connectivity index (χ3n) is 4.35. The number of hydrogen-bond acceptors (Lipinski definition) is 6. The number of ether oxygens (including phenoxy) is 4. The highest BCUT2D eigenvalue weighted by molar-refractivity contribution is 5.81. The summed E-state index contributed by atoms with van der Waals surface area (Å²) in [5.41, 5.74) is 6.95. The Hall–Kier alpha value is -1.99. The van der Waals surface area contributed by atoms with Crippen LogP contribution in [-0.2, 0) is 16.1 Å². The smallest absolute Gasteiger partial charge is 0.237 e. The summed E-state index contributed by atoms with van der Waals surface area (Å²) in [6, 6.07) is 3.14. The topological polar surface area (TPSA) is 92.0 Å². The number of carbonyl (C=O) groups is 1. The number of rotatable bonds is 8. The summed E-state index contributed by atoms with van der Waals surface area (Å²) in [5.74, 6) is 1.71. The first-order chi connectivity index (χ1) is 12.1. The summed E-state index contributed by atoms with van der Waals surface area (Å²) >= 11 is 0. The number of amides is 1. The molecular formula is C18H28N2O5. The third kappa shape index (κ3) is 4.99. The predicted octanol–water partition coefficient (Wildman–Crippen LogP) is 1.47. The molecule has 3 N–H and O–H groups in total. The first kappa shape index (κ1) is 19.3. The molecule has 1 aromatic rings. The molecule has 0 spiro atoms. The van der Waals surface area contributed by atoms with Crippen LogP contribution >= 0.6 is 0 Å². The normalized spacial score (nSPS) is 16.2. The Bertz CT molecular complexity index is 548. The van der Waals surface area contributed by atoms with Crippen LogP contribution in [0.3, 0.4) is 0 Å². The average molecular weight is 352 g/mol. The Labute approximate surface area is 148 Å². The maximum Gasteiger partial charge on any atom is 0.237 e.